The molecule has 1 atom stereocenters. The van der Waals surface area contributed by atoms with Gasteiger partial charge in [-0.3, -0.25) is 29.4 Å². The van der Waals surface area contributed by atoms with Crippen molar-refractivity contribution in [2.24, 2.45) is 5.73 Å². The molecule has 4 rings (SSSR count). The van der Waals surface area contributed by atoms with Gasteiger partial charge in [-0.25, -0.2) is 0 Å². The molecule has 0 spiro atoms. The SMILES string of the molecule is NCC1(NCc2cccc3c2C(=O)N(C2CCC(=O)NC2=O)C3=O)CCC1. The van der Waals surface area contributed by atoms with Gasteiger partial charge in [0.15, 0.2) is 0 Å². The molecule has 8 nitrogen and oxygen atoms in total. The number of hydrogen-bond donors (Lipinski definition) is 3. The summed E-state index contributed by atoms with van der Waals surface area (Å²) >= 11 is 0. The van der Waals surface area contributed by atoms with Gasteiger partial charge in [0.1, 0.15) is 6.04 Å². The fourth-order valence-corrected chi connectivity index (χ4v) is 4.07. The average Bonchev–Trinajstić information content (AvgIpc) is 2.87. The Balaban J connectivity index is 1.59. The van der Waals surface area contributed by atoms with E-state index in [2.05, 4.69) is 10.6 Å². The topological polar surface area (TPSA) is 122 Å². The molecule has 4 N–H and O–H groups in total. The lowest BCUT2D eigenvalue weighted by Gasteiger charge is -2.42. The van der Waals surface area contributed by atoms with Gasteiger partial charge < -0.3 is 11.1 Å². The number of fused-ring (bicyclic) bond motifs is 1. The number of nitrogens with zero attached hydrogens (tertiary/aromatic N) is 1. The molecular formula is C19H22N4O4. The third kappa shape index (κ3) is 2.85. The van der Waals surface area contributed by atoms with E-state index in [-0.39, 0.29) is 24.3 Å². The first-order chi connectivity index (χ1) is 13.0. The third-order valence-electron chi connectivity index (χ3n) is 5.91. The van der Waals surface area contributed by atoms with Crippen LogP contribution in [0.4, 0.5) is 0 Å². The van der Waals surface area contributed by atoms with Crippen molar-refractivity contribution in [3.63, 3.8) is 0 Å². The van der Waals surface area contributed by atoms with Crippen LogP contribution in [0.25, 0.3) is 0 Å². The maximum atomic E-state index is 13.0. The second-order valence-electron chi connectivity index (χ2n) is 7.48. The van der Waals surface area contributed by atoms with E-state index in [1.54, 1.807) is 12.1 Å². The number of piperidine rings is 1. The standard InChI is InChI=1S/C19H22N4O4/c20-10-19(7-2-8-19)21-9-11-3-1-4-12-15(11)18(27)23(17(12)26)13-5-6-14(24)22-16(13)25/h1,3-4,13,21H,2,5-10,20H2,(H,22,24,25). The Labute approximate surface area is 156 Å². The molecule has 1 saturated heterocycles. The summed E-state index contributed by atoms with van der Waals surface area (Å²) in [5, 5.41) is 5.65. The molecule has 0 aromatic heterocycles. The second-order valence-corrected chi connectivity index (χ2v) is 7.48. The summed E-state index contributed by atoms with van der Waals surface area (Å²) in [6.07, 6.45) is 3.37. The van der Waals surface area contributed by atoms with Crippen molar-refractivity contribution in [3.05, 3.63) is 34.9 Å². The molecule has 4 amide bonds. The van der Waals surface area contributed by atoms with Crippen molar-refractivity contribution in [2.45, 2.75) is 50.2 Å². The van der Waals surface area contributed by atoms with Crippen molar-refractivity contribution >= 4 is 23.6 Å². The van der Waals surface area contributed by atoms with Gasteiger partial charge in [0.2, 0.25) is 11.8 Å². The van der Waals surface area contributed by atoms with Crippen LogP contribution in [0.3, 0.4) is 0 Å². The Morgan fingerprint density at radius 2 is 1.96 bits per heavy atom. The monoisotopic (exact) mass is 370 g/mol. The Morgan fingerprint density at radius 3 is 2.59 bits per heavy atom. The van der Waals surface area contributed by atoms with E-state index in [0.717, 1.165) is 29.7 Å². The maximum Gasteiger partial charge on any atom is 0.262 e. The summed E-state index contributed by atoms with van der Waals surface area (Å²) in [6, 6.07) is 4.21. The van der Waals surface area contributed by atoms with Gasteiger partial charge >= 0.3 is 0 Å². The molecule has 1 saturated carbocycles. The zero-order valence-electron chi connectivity index (χ0n) is 14.9. The van der Waals surface area contributed by atoms with E-state index in [0.29, 0.717) is 24.2 Å². The van der Waals surface area contributed by atoms with Gasteiger partial charge in [-0.2, -0.15) is 0 Å². The maximum absolute atomic E-state index is 13.0. The summed E-state index contributed by atoms with van der Waals surface area (Å²) < 4.78 is 0. The van der Waals surface area contributed by atoms with Crippen LogP contribution in [-0.4, -0.2) is 46.7 Å². The minimum Gasteiger partial charge on any atom is -0.329 e. The molecule has 3 aliphatic rings. The van der Waals surface area contributed by atoms with E-state index in [1.807, 2.05) is 6.07 Å². The zero-order chi connectivity index (χ0) is 19.2. The molecule has 1 unspecified atom stereocenters. The number of rotatable bonds is 5. The number of carbonyl (C=O) groups is 4. The molecule has 1 aromatic carbocycles. The Hall–Kier alpha value is -2.58. The van der Waals surface area contributed by atoms with Crippen LogP contribution < -0.4 is 16.4 Å². The number of carbonyl (C=O) groups excluding carboxylic acids is 4. The molecule has 8 heteroatoms. The highest BCUT2D eigenvalue weighted by Crippen LogP contribution is 2.33. The first kappa shape index (κ1) is 17.8. The van der Waals surface area contributed by atoms with E-state index in [9.17, 15) is 19.2 Å². The molecule has 1 aliphatic carbocycles. The Bertz CT molecular complexity index is 841. The van der Waals surface area contributed by atoms with Crippen molar-refractivity contribution in [1.29, 1.82) is 0 Å². The predicted molar refractivity (Wildman–Crippen MR) is 95.6 cm³/mol. The average molecular weight is 370 g/mol. The quantitative estimate of drug-likeness (QED) is 0.630. The molecule has 2 heterocycles. The molecule has 2 aliphatic heterocycles. The largest absolute Gasteiger partial charge is 0.329 e. The Morgan fingerprint density at radius 1 is 1.19 bits per heavy atom. The van der Waals surface area contributed by atoms with Crippen molar-refractivity contribution in [2.75, 3.05) is 6.54 Å². The van der Waals surface area contributed by atoms with Crippen LogP contribution in [0.15, 0.2) is 18.2 Å². The molecule has 2 fully saturated rings. The van der Waals surface area contributed by atoms with Gasteiger partial charge in [-0.15, -0.1) is 0 Å². The van der Waals surface area contributed by atoms with Gasteiger partial charge in [0.25, 0.3) is 11.8 Å². The minimum atomic E-state index is -0.946. The molecule has 0 bridgehead atoms. The fourth-order valence-electron chi connectivity index (χ4n) is 4.07. The molecular weight excluding hydrogens is 348 g/mol. The Kier molecular flexibility index (Phi) is 4.32. The third-order valence-corrected chi connectivity index (χ3v) is 5.91. The van der Waals surface area contributed by atoms with E-state index in [4.69, 9.17) is 5.73 Å². The van der Waals surface area contributed by atoms with Crippen LogP contribution in [0.1, 0.15) is 58.4 Å². The highest BCUT2D eigenvalue weighted by Gasteiger charge is 2.45. The molecule has 27 heavy (non-hydrogen) atoms. The van der Waals surface area contributed by atoms with E-state index < -0.39 is 23.8 Å². The van der Waals surface area contributed by atoms with Crippen molar-refractivity contribution < 1.29 is 19.2 Å². The summed E-state index contributed by atoms with van der Waals surface area (Å²) in [5.74, 6) is -1.94. The lowest BCUT2D eigenvalue weighted by molar-refractivity contribution is -0.136. The lowest BCUT2D eigenvalue weighted by atomic mass is 9.76. The van der Waals surface area contributed by atoms with Crippen LogP contribution in [0, 0.1) is 0 Å². The van der Waals surface area contributed by atoms with Crippen LogP contribution in [0.2, 0.25) is 0 Å². The first-order valence-electron chi connectivity index (χ1n) is 9.24. The number of imide groups is 2. The predicted octanol–water partition coefficient (Wildman–Crippen LogP) is 0.0588. The van der Waals surface area contributed by atoms with E-state index in [1.165, 1.54) is 0 Å². The number of benzene rings is 1. The van der Waals surface area contributed by atoms with Crippen LogP contribution in [-0.2, 0) is 16.1 Å². The van der Waals surface area contributed by atoms with Gasteiger partial charge in [-0.05, 0) is 37.3 Å². The molecule has 1 aromatic rings. The normalized spacial score (nSPS) is 23.9. The zero-order valence-corrected chi connectivity index (χ0v) is 14.9. The number of nitrogens with two attached hydrogens (primary N) is 1. The minimum absolute atomic E-state index is 0.0995. The lowest BCUT2D eigenvalue weighted by Crippen LogP contribution is -2.56. The molecule has 142 valence electrons. The van der Waals surface area contributed by atoms with Crippen LogP contribution >= 0.6 is 0 Å². The smallest absolute Gasteiger partial charge is 0.262 e. The highest BCUT2D eigenvalue weighted by atomic mass is 16.2. The molecule has 0 radical (unpaired) electrons. The van der Waals surface area contributed by atoms with Crippen molar-refractivity contribution in [3.8, 4) is 0 Å². The van der Waals surface area contributed by atoms with E-state index >= 15 is 0 Å². The number of amides is 4. The highest BCUT2D eigenvalue weighted by molar-refractivity contribution is 6.24. The number of nitrogens with one attached hydrogen (secondary N) is 2. The van der Waals surface area contributed by atoms with Crippen molar-refractivity contribution in [1.82, 2.24) is 15.5 Å². The summed E-state index contributed by atoms with van der Waals surface area (Å²) in [7, 11) is 0. The van der Waals surface area contributed by atoms with Gasteiger partial charge in [0.05, 0.1) is 11.1 Å². The fraction of sp³-hybridized carbons (Fsp3) is 0.474. The summed E-state index contributed by atoms with van der Waals surface area (Å²) in [4.78, 5) is 50.4. The first-order valence-corrected chi connectivity index (χ1v) is 9.24. The van der Waals surface area contributed by atoms with Crippen LogP contribution in [0.5, 0.6) is 0 Å². The second kappa shape index (κ2) is 6.54. The van der Waals surface area contributed by atoms with Gasteiger partial charge in [0, 0.05) is 25.0 Å². The van der Waals surface area contributed by atoms with Gasteiger partial charge in [-0.1, -0.05) is 12.1 Å². The number of hydrogen-bond acceptors (Lipinski definition) is 6. The summed E-state index contributed by atoms with van der Waals surface area (Å²) in [6.45, 7) is 0.958. The summed E-state index contributed by atoms with van der Waals surface area (Å²) in [5.41, 5.74) is 7.14.